The van der Waals surface area contributed by atoms with Gasteiger partial charge in [0.1, 0.15) is 11.6 Å². The number of hydrogen-bond acceptors (Lipinski definition) is 7. The number of imidazole rings is 1. The van der Waals surface area contributed by atoms with Crippen molar-refractivity contribution in [1.82, 2.24) is 29.7 Å². The van der Waals surface area contributed by atoms with Crippen molar-refractivity contribution in [3.8, 4) is 5.75 Å². The summed E-state index contributed by atoms with van der Waals surface area (Å²) >= 11 is 1.48. The predicted octanol–water partition coefficient (Wildman–Crippen LogP) is 3.87. The first-order chi connectivity index (χ1) is 21.0. The Kier molecular flexibility index (Phi) is 8.69. The minimum absolute atomic E-state index is 0.0399. The quantitative estimate of drug-likeness (QED) is 0.373. The molecule has 6 rings (SSSR count). The standard InChI is InChI=1S/C32H36N6O4S/c1-2-29-33-11-14-36(29)13-10-31(40)38-18-25-22-6-5-7-24(16-22)42-15-4-3-12-37(20-30(39)35-27(25)19-38)32(41)23-8-9-26-28(17-23)43-21-34-26/h5-9,11,14,16-17,21,25,27H,2-4,10,12-13,15,18-20H2,1H3,(H,35,39)/t25-,27+/m1/s1. The van der Waals surface area contributed by atoms with E-state index in [0.29, 0.717) is 51.2 Å². The second kappa shape index (κ2) is 12.9. The van der Waals surface area contributed by atoms with Crippen LogP contribution in [0.1, 0.15) is 53.8 Å². The Morgan fingerprint density at radius 1 is 1.09 bits per heavy atom. The van der Waals surface area contributed by atoms with Crippen molar-refractivity contribution in [2.45, 2.75) is 51.1 Å². The molecule has 43 heavy (non-hydrogen) atoms. The maximum atomic E-state index is 13.6. The van der Waals surface area contributed by atoms with Crippen molar-refractivity contribution < 1.29 is 19.1 Å². The van der Waals surface area contributed by atoms with E-state index >= 15 is 0 Å². The average molecular weight is 601 g/mol. The molecule has 1 N–H and O–H groups in total. The Morgan fingerprint density at radius 3 is 2.88 bits per heavy atom. The molecule has 224 valence electrons. The Morgan fingerprint density at radius 2 is 2.00 bits per heavy atom. The van der Waals surface area contributed by atoms with Gasteiger partial charge in [0.25, 0.3) is 5.91 Å². The van der Waals surface area contributed by atoms with Crippen LogP contribution < -0.4 is 10.1 Å². The second-order valence-corrected chi connectivity index (χ2v) is 12.0. The van der Waals surface area contributed by atoms with Gasteiger partial charge in [-0.25, -0.2) is 9.97 Å². The SMILES string of the molecule is CCc1nccn1CCC(=O)N1C[C@@H]2NC(=O)CN(C(=O)c3ccc4ncsc4c3)CCCCOc3cccc(c3)[C@H]2C1. The topological polar surface area (TPSA) is 110 Å². The van der Waals surface area contributed by atoms with Gasteiger partial charge in [-0.3, -0.25) is 14.4 Å². The van der Waals surface area contributed by atoms with Gasteiger partial charge in [-0.1, -0.05) is 19.1 Å². The highest BCUT2D eigenvalue weighted by molar-refractivity contribution is 7.16. The summed E-state index contributed by atoms with van der Waals surface area (Å²) in [5.41, 5.74) is 4.17. The lowest BCUT2D eigenvalue weighted by molar-refractivity contribution is -0.130. The van der Waals surface area contributed by atoms with Crippen LogP contribution in [0.25, 0.3) is 10.2 Å². The molecule has 2 aromatic carbocycles. The number of carbonyl (C=O) groups is 3. The fraction of sp³-hybridized carbons (Fsp3) is 0.406. The number of rotatable bonds is 5. The minimum atomic E-state index is -0.292. The van der Waals surface area contributed by atoms with Gasteiger partial charge >= 0.3 is 0 Å². The van der Waals surface area contributed by atoms with Crippen LogP contribution in [-0.2, 0) is 22.6 Å². The molecule has 4 aromatic rings. The summed E-state index contributed by atoms with van der Waals surface area (Å²) in [5, 5.41) is 3.19. The Bertz CT molecular complexity index is 1620. The molecule has 2 atom stereocenters. The molecule has 0 spiro atoms. The first-order valence-electron chi connectivity index (χ1n) is 14.9. The number of benzene rings is 2. The van der Waals surface area contributed by atoms with Crippen molar-refractivity contribution in [2.24, 2.45) is 0 Å². The van der Waals surface area contributed by atoms with Crippen LogP contribution in [0, 0.1) is 0 Å². The van der Waals surface area contributed by atoms with Gasteiger partial charge in [-0.2, -0.15) is 0 Å². The largest absolute Gasteiger partial charge is 0.494 e. The molecule has 3 amide bonds. The molecule has 0 aliphatic carbocycles. The van der Waals surface area contributed by atoms with Crippen molar-refractivity contribution in [2.75, 3.05) is 32.8 Å². The lowest BCUT2D eigenvalue weighted by Gasteiger charge is -2.26. The number of ether oxygens (including phenoxy) is 1. The molecule has 0 radical (unpaired) electrons. The molecule has 2 aliphatic rings. The van der Waals surface area contributed by atoms with E-state index in [2.05, 4.69) is 15.3 Å². The number of carbonyl (C=O) groups excluding carboxylic acids is 3. The van der Waals surface area contributed by atoms with E-state index in [-0.39, 0.29) is 36.2 Å². The molecule has 1 saturated heterocycles. The van der Waals surface area contributed by atoms with E-state index < -0.39 is 0 Å². The van der Waals surface area contributed by atoms with E-state index in [1.165, 1.54) is 11.3 Å². The summed E-state index contributed by atoms with van der Waals surface area (Å²) < 4.78 is 9.02. The lowest BCUT2D eigenvalue weighted by atomic mass is 9.94. The van der Waals surface area contributed by atoms with E-state index in [4.69, 9.17) is 4.74 Å². The first-order valence-corrected chi connectivity index (χ1v) is 15.8. The molecule has 2 aliphatic heterocycles. The first kappa shape index (κ1) is 28.9. The maximum absolute atomic E-state index is 13.6. The molecule has 2 bridgehead atoms. The number of aryl methyl sites for hydroxylation is 2. The summed E-state index contributed by atoms with van der Waals surface area (Å²) in [7, 11) is 0. The number of nitrogens with one attached hydrogen (secondary N) is 1. The van der Waals surface area contributed by atoms with Gasteiger partial charge in [0.15, 0.2) is 0 Å². The Labute approximate surface area is 254 Å². The van der Waals surface area contributed by atoms with E-state index in [1.54, 1.807) is 22.7 Å². The zero-order valence-electron chi connectivity index (χ0n) is 24.3. The van der Waals surface area contributed by atoms with Crippen molar-refractivity contribution in [3.05, 3.63) is 77.3 Å². The molecule has 2 aromatic heterocycles. The number of likely N-dealkylation sites (tertiary alicyclic amines) is 1. The van der Waals surface area contributed by atoms with Gasteiger partial charge in [-0.05, 0) is 48.7 Å². The van der Waals surface area contributed by atoms with Crippen molar-refractivity contribution >= 4 is 39.3 Å². The Hall–Kier alpha value is -4.25. The molecule has 4 heterocycles. The van der Waals surface area contributed by atoms with E-state index in [1.807, 2.05) is 59.0 Å². The highest BCUT2D eigenvalue weighted by atomic mass is 32.1. The van der Waals surface area contributed by atoms with Crippen molar-refractivity contribution in [1.29, 1.82) is 0 Å². The van der Waals surface area contributed by atoms with E-state index in [0.717, 1.165) is 40.2 Å². The zero-order valence-corrected chi connectivity index (χ0v) is 25.1. The average Bonchev–Trinajstić information content (AvgIpc) is 3.78. The van der Waals surface area contributed by atoms with Gasteiger partial charge in [0.2, 0.25) is 11.8 Å². The summed E-state index contributed by atoms with van der Waals surface area (Å²) in [6, 6.07) is 13.1. The number of hydrogen-bond donors (Lipinski definition) is 1. The molecular weight excluding hydrogens is 564 g/mol. The third-order valence-electron chi connectivity index (χ3n) is 8.28. The van der Waals surface area contributed by atoms with Crippen LogP contribution >= 0.6 is 11.3 Å². The lowest BCUT2D eigenvalue weighted by Crippen LogP contribution is -2.47. The van der Waals surface area contributed by atoms with Crippen LogP contribution in [0.3, 0.4) is 0 Å². The van der Waals surface area contributed by atoms with Crippen LogP contribution in [0.15, 0.2) is 60.4 Å². The summed E-state index contributed by atoms with van der Waals surface area (Å²) in [6.07, 6.45) is 6.27. The van der Waals surface area contributed by atoms with Crippen LogP contribution in [-0.4, -0.2) is 80.9 Å². The van der Waals surface area contributed by atoms with Gasteiger partial charge < -0.3 is 24.4 Å². The van der Waals surface area contributed by atoms with Gasteiger partial charge in [-0.15, -0.1) is 11.3 Å². The summed E-state index contributed by atoms with van der Waals surface area (Å²) in [5.74, 6) is 1.25. The summed E-state index contributed by atoms with van der Waals surface area (Å²) in [6.45, 7) is 4.40. The number of aromatic nitrogens is 3. The third kappa shape index (κ3) is 6.56. The molecule has 10 nitrogen and oxygen atoms in total. The Balaban J connectivity index is 1.20. The second-order valence-electron chi connectivity index (χ2n) is 11.1. The van der Waals surface area contributed by atoms with Crippen LogP contribution in [0.4, 0.5) is 0 Å². The molecular formula is C32H36N6O4S. The monoisotopic (exact) mass is 600 g/mol. The van der Waals surface area contributed by atoms with Gasteiger partial charge in [0.05, 0.1) is 34.9 Å². The fourth-order valence-corrected chi connectivity index (χ4v) is 6.72. The van der Waals surface area contributed by atoms with E-state index in [9.17, 15) is 14.4 Å². The smallest absolute Gasteiger partial charge is 0.254 e. The molecule has 11 heteroatoms. The van der Waals surface area contributed by atoms with Gasteiger partial charge in [0, 0.05) is 62.9 Å². The van der Waals surface area contributed by atoms with Crippen LogP contribution in [0.5, 0.6) is 5.75 Å². The molecule has 0 saturated carbocycles. The highest BCUT2D eigenvalue weighted by Crippen LogP contribution is 2.31. The molecule has 1 fully saturated rings. The van der Waals surface area contributed by atoms with Crippen molar-refractivity contribution in [3.63, 3.8) is 0 Å². The normalized spacial score (nSPS) is 19.4. The fourth-order valence-electron chi connectivity index (χ4n) is 6.00. The summed E-state index contributed by atoms with van der Waals surface area (Å²) in [4.78, 5) is 52.6. The maximum Gasteiger partial charge on any atom is 0.254 e. The highest BCUT2D eigenvalue weighted by Gasteiger charge is 2.37. The number of nitrogens with zero attached hydrogens (tertiary/aromatic N) is 5. The number of thiazole rings is 1. The minimum Gasteiger partial charge on any atom is -0.494 e. The zero-order chi connectivity index (χ0) is 29.8. The number of amides is 3. The third-order valence-corrected chi connectivity index (χ3v) is 9.07. The molecule has 0 unspecified atom stereocenters. The number of fused-ring (bicyclic) bond motifs is 5. The predicted molar refractivity (Wildman–Crippen MR) is 164 cm³/mol. The van der Waals surface area contributed by atoms with Crippen LogP contribution in [0.2, 0.25) is 0 Å².